The summed E-state index contributed by atoms with van der Waals surface area (Å²) in [4.78, 5) is 0. The summed E-state index contributed by atoms with van der Waals surface area (Å²) >= 11 is 0. The Morgan fingerprint density at radius 1 is 0.889 bits per heavy atom. The van der Waals surface area contributed by atoms with Gasteiger partial charge in [0, 0.05) is 0 Å². The molecule has 0 radical (unpaired) electrons. The lowest BCUT2D eigenvalue weighted by atomic mass is 10.1. The van der Waals surface area contributed by atoms with Crippen molar-refractivity contribution in [1.82, 2.24) is 0 Å². The van der Waals surface area contributed by atoms with E-state index in [1.807, 2.05) is 0 Å². The van der Waals surface area contributed by atoms with Gasteiger partial charge in [-0.3, -0.25) is 0 Å². The smallest absolute Gasteiger partial charge is 0.333 e. The summed E-state index contributed by atoms with van der Waals surface area (Å²) in [6.45, 7) is -2.24. The van der Waals surface area contributed by atoms with Crippen LogP contribution in [0.2, 0.25) is 0 Å². The lowest BCUT2D eigenvalue weighted by Gasteiger charge is -2.28. The average Bonchev–Trinajstić information content (AvgIpc) is 2.28. The van der Waals surface area contributed by atoms with Gasteiger partial charge in [0.1, 0.15) is 6.61 Å². The van der Waals surface area contributed by atoms with Crippen molar-refractivity contribution < 1.29 is 48.6 Å². The number of hydrogen-bond donors (Lipinski definition) is 0. The third kappa shape index (κ3) is 1.58. The molecule has 0 heterocycles. The quantitative estimate of drug-likeness (QED) is 0.726. The molecule has 0 aromatic heterocycles. The Morgan fingerprint density at radius 2 is 1.33 bits per heavy atom. The minimum Gasteiger partial charge on any atom is -0.333 e. The van der Waals surface area contributed by atoms with Crippen LogP contribution in [-0.4, -0.2) is 42.8 Å². The van der Waals surface area contributed by atoms with Crippen LogP contribution in [0.1, 0.15) is 0 Å². The molecule has 0 aliphatic heterocycles. The summed E-state index contributed by atoms with van der Waals surface area (Å²) in [6.07, 6.45) is -8.42. The maximum Gasteiger partial charge on any atom is 0.381 e. The molecule has 1 rings (SSSR count). The zero-order valence-corrected chi connectivity index (χ0v) is 8.05. The van der Waals surface area contributed by atoms with Crippen molar-refractivity contribution >= 4 is 0 Å². The molecular formula is C7H4F10O. The molecule has 18 heavy (non-hydrogen) atoms. The highest BCUT2D eigenvalue weighted by Crippen LogP contribution is 2.63. The normalized spacial score (nSPS) is 37.2. The van der Waals surface area contributed by atoms with Gasteiger partial charge in [0.25, 0.3) is 6.43 Å². The van der Waals surface area contributed by atoms with Gasteiger partial charge in [-0.25, -0.2) is 17.6 Å². The molecule has 1 nitrogen and oxygen atoms in total. The van der Waals surface area contributed by atoms with E-state index >= 15 is 0 Å². The largest absolute Gasteiger partial charge is 0.381 e. The minimum absolute atomic E-state index is 2.24. The Balaban J connectivity index is 3.20. The molecule has 108 valence electrons. The molecule has 0 bridgehead atoms. The molecule has 0 spiro atoms. The van der Waals surface area contributed by atoms with Crippen molar-refractivity contribution in [2.24, 2.45) is 0 Å². The monoisotopic (exact) mass is 294 g/mol. The van der Waals surface area contributed by atoms with Gasteiger partial charge in [0.05, 0.1) is 0 Å². The summed E-state index contributed by atoms with van der Waals surface area (Å²) in [5.74, 6) is -24.3. The van der Waals surface area contributed by atoms with E-state index in [1.54, 1.807) is 0 Å². The van der Waals surface area contributed by atoms with E-state index in [-0.39, 0.29) is 0 Å². The van der Waals surface area contributed by atoms with E-state index < -0.39 is 42.8 Å². The lowest BCUT2D eigenvalue weighted by Crippen LogP contribution is -2.54. The molecule has 11 heteroatoms. The molecule has 0 aromatic carbocycles. The van der Waals surface area contributed by atoms with Crippen molar-refractivity contribution in [1.29, 1.82) is 0 Å². The first-order valence-corrected chi connectivity index (χ1v) is 4.21. The molecule has 1 aliphatic rings. The van der Waals surface area contributed by atoms with Gasteiger partial charge in [-0.1, -0.05) is 0 Å². The van der Waals surface area contributed by atoms with Gasteiger partial charge in [0.2, 0.25) is 6.17 Å². The minimum atomic E-state index is -6.41. The Kier molecular flexibility index (Phi) is 3.30. The Labute approximate surface area is 92.7 Å². The predicted octanol–water partition coefficient (Wildman–Crippen LogP) is 3.19. The Hall–Kier alpha value is -0.740. The van der Waals surface area contributed by atoms with E-state index in [2.05, 4.69) is 4.74 Å². The first-order valence-electron chi connectivity index (χ1n) is 4.21. The summed E-state index contributed by atoms with van der Waals surface area (Å²) in [7, 11) is 0. The van der Waals surface area contributed by atoms with E-state index in [0.717, 1.165) is 0 Å². The van der Waals surface area contributed by atoms with Crippen LogP contribution < -0.4 is 0 Å². The van der Waals surface area contributed by atoms with Crippen LogP contribution in [0.15, 0.2) is 0 Å². The number of alkyl halides is 10. The highest BCUT2D eigenvalue weighted by molar-refractivity contribution is 5.19. The maximum absolute atomic E-state index is 13.2. The SMILES string of the molecule is FC(F)COC1(F)C(F)C(F)(F)C(F)(F)C1(F)F. The van der Waals surface area contributed by atoms with Crippen LogP contribution in [0.5, 0.6) is 0 Å². The second-order valence-corrected chi connectivity index (χ2v) is 3.48. The number of ether oxygens (including phenoxy) is 1. The van der Waals surface area contributed by atoms with Crippen LogP contribution in [0.3, 0.4) is 0 Å². The van der Waals surface area contributed by atoms with Crippen LogP contribution in [0, 0.1) is 0 Å². The van der Waals surface area contributed by atoms with Crippen LogP contribution in [0.4, 0.5) is 43.9 Å². The molecule has 1 fully saturated rings. The maximum atomic E-state index is 13.2. The number of halogens is 10. The average molecular weight is 294 g/mol. The second-order valence-electron chi connectivity index (χ2n) is 3.48. The topological polar surface area (TPSA) is 9.23 Å². The number of rotatable bonds is 3. The van der Waals surface area contributed by atoms with Gasteiger partial charge in [-0.05, 0) is 0 Å². The summed E-state index contributed by atoms with van der Waals surface area (Å²) in [5.41, 5.74) is 0. The van der Waals surface area contributed by atoms with Crippen LogP contribution >= 0.6 is 0 Å². The zero-order valence-electron chi connectivity index (χ0n) is 8.05. The van der Waals surface area contributed by atoms with Crippen molar-refractivity contribution in [3.8, 4) is 0 Å². The third-order valence-electron chi connectivity index (χ3n) is 2.30. The fourth-order valence-corrected chi connectivity index (χ4v) is 1.32. The molecule has 0 saturated heterocycles. The molecule has 1 aliphatic carbocycles. The number of hydrogen-bond acceptors (Lipinski definition) is 1. The summed E-state index contributed by atoms with van der Waals surface area (Å²) in [6, 6.07) is 0. The van der Waals surface area contributed by atoms with Gasteiger partial charge in [-0.2, -0.15) is 26.3 Å². The third-order valence-corrected chi connectivity index (χ3v) is 2.30. The lowest BCUT2D eigenvalue weighted by molar-refractivity contribution is -0.334. The van der Waals surface area contributed by atoms with Crippen LogP contribution in [0.25, 0.3) is 0 Å². The molecule has 0 amide bonds. The molecule has 0 aromatic rings. The van der Waals surface area contributed by atoms with Crippen molar-refractivity contribution in [3.63, 3.8) is 0 Å². The van der Waals surface area contributed by atoms with Gasteiger partial charge in [-0.15, -0.1) is 0 Å². The van der Waals surface area contributed by atoms with Crippen molar-refractivity contribution in [2.45, 2.75) is 36.2 Å². The molecule has 2 atom stereocenters. The summed E-state index contributed by atoms with van der Waals surface area (Å²) in [5, 5.41) is 0. The Morgan fingerprint density at radius 3 is 1.61 bits per heavy atom. The van der Waals surface area contributed by atoms with E-state index in [9.17, 15) is 43.9 Å². The van der Waals surface area contributed by atoms with E-state index in [4.69, 9.17) is 0 Å². The van der Waals surface area contributed by atoms with E-state index in [1.165, 1.54) is 0 Å². The molecule has 1 saturated carbocycles. The first kappa shape index (κ1) is 15.3. The van der Waals surface area contributed by atoms with Gasteiger partial charge < -0.3 is 4.74 Å². The second kappa shape index (κ2) is 3.87. The fraction of sp³-hybridized carbons (Fsp3) is 1.00. The van der Waals surface area contributed by atoms with Gasteiger partial charge >= 0.3 is 23.6 Å². The predicted molar refractivity (Wildman–Crippen MR) is 35.5 cm³/mol. The summed E-state index contributed by atoms with van der Waals surface area (Å²) < 4.78 is 128. The standard InChI is InChI=1S/C7H4F10O/c8-2(9)1-18-5(13)3(10)4(11,12)6(14,15)7(5,16)17/h2-3H,1H2. The zero-order chi connectivity index (χ0) is 14.6. The first-order chi connectivity index (χ1) is 7.82. The van der Waals surface area contributed by atoms with Crippen molar-refractivity contribution in [2.75, 3.05) is 6.61 Å². The highest BCUT2D eigenvalue weighted by Gasteiger charge is 2.94. The van der Waals surface area contributed by atoms with E-state index in [0.29, 0.717) is 0 Å². The molecular weight excluding hydrogens is 290 g/mol. The fourth-order valence-electron chi connectivity index (χ4n) is 1.32. The van der Waals surface area contributed by atoms with Crippen LogP contribution in [-0.2, 0) is 4.74 Å². The van der Waals surface area contributed by atoms with Crippen molar-refractivity contribution in [3.05, 3.63) is 0 Å². The Bertz CT molecular complexity index is 328. The highest BCUT2D eigenvalue weighted by atomic mass is 19.4. The molecule has 2 unspecified atom stereocenters. The van der Waals surface area contributed by atoms with Gasteiger partial charge in [0.15, 0.2) is 0 Å². The molecule has 0 N–H and O–H groups in total.